The topological polar surface area (TPSA) is 23.8 Å². The van der Waals surface area contributed by atoms with Gasteiger partial charge in [0.1, 0.15) is 11.9 Å². The van der Waals surface area contributed by atoms with Crippen LogP contribution in [0.3, 0.4) is 0 Å². The minimum absolute atomic E-state index is 0.0459. The van der Waals surface area contributed by atoms with E-state index in [-0.39, 0.29) is 10.4 Å². The van der Waals surface area contributed by atoms with Gasteiger partial charge >= 0.3 is 0 Å². The van der Waals surface area contributed by atoms with E-state index in [1.54, 1.807) is 12.1 Å². The third kappa shape index (κ3) is 1.45. The lowest BCUT2D eigenvalue weighted by Gasteiger charge is -2.06. The van der Waals surface area contributed by atoms with Crippen LogP contribution in [0, 0.1) is 11.3 Å². The maximum atomic E-state index is 12.6. The van der Waals surface area contributed by atoms with Crippen LogP contribution in [0.1, 0.15) is 6.42 Å². The summed E-state index contributed by atoms with van der Waals surface area (Å²) in [6, 6.07) is 1.77. The van der Waals surface area contributed by atoms with Crippen molar-refractivity contribution in [3.05, 3.63) is 23.6 Å². The van der Waals surface area contributed by atoms with E-state index >= 15 is 0 Å². The van der Waals surface area contributed by atoms with E-state index in [0.717, 1.165) is 0 Å². The van der Waals surface area contributed by atoms with Gasteiger partial charge in [-0.05, 0) is 12.5 Å². The Bertz CT molecular complexity index is 236. The van der Waals surface area contributed by atoms with E-state index < -0.39 is 5.83 Å². The Kier molecular flexibility index (Phi) is 2.23. The number of hydrogen-bond acceptors (Lipinski definition) is 1. The SMILES string of the molecule is N#CC1=CCC(Br)C=C1F. The van der Waals surface area contributed by atoms with Crippen molar-refractivity contribution in [1.29, 1.82) is 5.26 Å². The van der Waals surface area contributed by atoms with Gasteiger partial charge in [-0.3, -0.25) is 0 Å². The lowest BCUT2D eigenvalue weighted by molar-refractivity contribution is 0.645. The van der Waals surface area contributed by atoms with Gasteiger partial charge in [0.25, 0.3) is 0 Å². The van der Waals surface area contributed by atoms with Crippen molar-refractivity contribution in [2.45, 2.75) is 11.2 Å². The molecular weight excluding hydrogens is 197 g/mol. The summed E-state index contributed by atoms with van der Waals surface area (Å²) in [5.41, 5.74) is 0.149. The minimum Gasteiger partial charge on any atom is -0.206 e. The van der Waals surface area contributed by atoms with Crippen LogP contribution in [0.15, 0.2) is 23.6 Å². The van der Waals surface area contributed by atoms with Crippen LogP contribution in [0.4, 0.5) is 4.39 Å². The molecule has 0 amide bonds. The summed E-state index contributed by atoms with van der Waals surface area (Å²) in [5, 5.41) is 8.33. The van der Waals surface area contributed by atoms with E-state index in [1.165, 1.54) is 6.08 Å². The highest BCUT2D eigenvalue weighted by Crippen LogP contribution is 2.23. The fourth-order valence-electron chi connectivity index (χ4n) is 0.744. The molecule has 1 atom stereocenters. The molecule has 0 saturated carbocycles. The van der Waals surface area contributed by atoms with Gasteiger partial charge < -0.3 is 0 Å². The van der Waals surface area contributed by atoms with Crippen LogP contribution < -0.4 is 0 Å². The molecule has 0 spiro atoms. The number of alkyl halides is 1. The highest BCUT2D eigenvalue weighted by molar-refractivity contribution is 9.09. The van der Waals surface area contributed by atoms with Gasteiger partial charge in [0, 0.05) is 4.83 Å². The molecule has 0 aromatic carbocycles. The van der Waals surface area contributed by atoms with Gasteiger partial charge in [-0.15, -0.1) is 0 Å². The Labute approximate surface area is 67.0 Å². The molecule has 1 nitrogen and oxygen atoms in total. The first kappa shape index (κ1) is 7.49. The maximum absolute atomic E-state index is 12.6. The van der Waals surface area contributed by atoms with Crippen molar-refractivity contribution in [2.24, 2.45) is 0 Å². The zero-order valence-electron chi connectivity index (χ0n) is 5.14. The first-order valence-corrected chi connectivity index (χ1v) is 3.77. The van der Waals surface area contributed by atoms with Crippen molar-refractivity contribution in [2.75, 3.05) is 0 Å². The lowest BCUT2D eigenvalue weighted by Crippen LogP contribution is -1.98. The van der Waals surface area contributed by atoms with Crippen molar-refractivity contribution in [3.8, 4) is 6.07 Å². The Morgan fingerprint density at radius 3 is 3.00 bits per heavy atom. The summed E-state index contributed by atoms with van der Waals surface area (Å²) < 4.78 is 12.6. The number of rotatable bonds is 0. The van der Waals surface area contributed by atoms with E-state index in [1.807, 2.05) is 0 Å². The normalized spacial score (nSPS) is 24.7. The quantitative estimate of drug-likeness (QED) is 0.553. The Hall–Kier alpha value is -0.620. The second kappa shape index (κ2) is 2.98. The minimum atomic E-state index is -0.421. The zero-order chi connectivity index (χ0) is 7.56. The smallest absolute Gasteiger partial charge is 0.137 e. The highest BCUT2D eigenvalue weighted by Gasteiger charge is 2.12. The number of hydrogen-bond donors (Lipinski definition) is 0. The molecule has 1 rings (SSSR count). The zero-order valence-corrected chi connectivity index (χ0v) is 6.73. The summed E-state index contributed by atoms with van der Waals surface area (Å²) >= 11 is 3.21. The molecule has 0 heterocycles. The van der Waals surface area contributed by atoms with Gasteiger partial charge in [-0.1, -0.05) is 22.0 Å². The van der Waals surface area contributed by atoms with Crippen LogP contribution in [0.5, 0.6) is 0 Å². The summed E-state index contributed by atoms with van der Waals surface area (Å²) in [7, 11) is 0. The molecule has 1 aliphatic rings. The summed E-state index contributed by atoms with van der Waals surface area (Å²) in [6.45, 7) is 0. The molecule has 0 saturated heterocycles. The molecule has 0 aliphatic heterocycles. The van der Waals surface area contributed by atoms with Crippen molar-refractivity contribution in [3.63, 3.8) is 0 Å². The van der Waals surface area contributed by atoms with Crippen molar-refractivity contribution >= 4 is 15.9 Å². The third-order valence-corrected chi connectivity index (χ3v) is 1.89. The molecule has 0 radical (unpaired) electrons. The number of nitrogens with zero attached hydrogens (tertiary/aromatic N) is 1. The fourth-order valence-corrected chi connectivity index (χ4v) is 1.16. The Morgan fingerprint density at radius 1 is 1.80 bits per heavy atom. The first-order chi connectivity index (χ1) is 4.74. The number of halogens is 2. The molecule has 10 heavy (non-hydrogen) atoms. The van der Waals surface area contributed by atoms with Crippen LogP contribution in [-0.4, -0.2) is 4.83 Å². The first-order valence-electron chi connectivity index (χ1n) is 2.86. The van der Waals surface area contributed by atoms with Gasteiger partial charge in [0.2, 0.25) is 0 Å². The van der Waals surface area contributed by atoms with Crippen molar-refractivity contribution in [1.82, 2.24) is 0 Å². The molecule has 0 fully saturated rings. The van der Waals surface area contributed by atoms with Crippen LogP contribution in [-0.2, 0) is 0 Å². The Balaban J connectivity index is 2.84. The van der Waals surface area contributed by atoms with Gasteiger partial charge in [-0.25, -0.2) is 4.39 Å². The standard InChI is InChI=1S/C7H5BrFN/c8-6-2-1-5(4-10)7(9)3-6/h1,3,6H,2H2. The number of nitriles is 1. The molecule has 1 aliphatic carbocycles. The molecule has 52 valence electrons. The average Bonchev–Trinajstić information content (AvgIpc) is 1.88. The Morgan fingerprint density at radius 2 is 2.50 bits per heavy atom. The van der Waals surface area contributed by atoms with E-state index in [2.05, 4.69) is 15.9 Å². The molecule has 3 heteroatoms. The molecule has 0 aromatic heterocycles. The lowest BCUT2D eigenvalue weighted by atomic mass is 10.1. The van der Waals surface area contributed by atoms with Gasteiger partial charge in [0.05, 0.1) is 5.57 Å². The highest BCUT2D eigenvalue weighted by atomic mass is 79.9. The molecule has 0 aromatic rings. The molecular formula is C7H5BrFN. The van der Waals surface area contributed by atoms with Gasteiger partial charge in [0.15, 0.2) is 0 Å². The second-order valence-electron chi connectivity index (χ2n) is 2.00. The maximum Gasteiger partial charge on any atom is 0.137 e. The average molecular weight is 202 g/mol. The third-order valence-electron chi connectivity index (χ3n) is 1.25. The summed E-state index contributed by atoms with van der Waals surface area (Å²) in [4.78, 5) is 0.0459. The predicted molar refractivity (Wildman–Crippen MR) is 40.2 cm³/mol. The number of allylic oxidation sites excluding steroid dienone is 4. The van der Waals surface area contributed by atoms with Gasteiger partial charge in [-0.2, -0.15) is 5.26 Å². The fraction of sp³-hybridized carbons (Fsp3) is 0.286. The summed E-state index contributed by atoms with van der Waals surface area (Å²) in [6.07, 6.45) is 3.68. The van der Waals surface area contributed by atoms with E-state index in [9.17, 15) is 4.39 Å². The van der Waals surface area contributed by atoms with Crippen LogP contribution >= 0.6 is 15.9 Å². The van der Waals surface area contributed by atoms with E-state index in [4.69, 9.17) is 5.26 Å². The largest absolute Gasteiger partial charge is 0.206 e. The molecule has 0 bridgehead atoms. The molecule has 0 N–H and O–H groups in total. The summed E-state index contributed by atoms with van der Waals surface area (Å²) in [5.74, 6) is -0.421. The van der Waals surface area contributed by atoms with Crippen LogP contribution in [0.2, 0.25) is 0 Å². The molecule has 1 unspecified atom stereocenters. The monoisotopic (exact) mass is 201 g/mol. The van der Waals surface area contributed by atoms with Crippen molar-refractivity contribution < 1.29 is 4.39 Å². The van der Waals surface area contributed by atoms with Crippen LogP contribution in [0.25, 0.3) is 0 Å². The predicted octanol–water partition coefficient (Wildman–Crippen LogP) is 2.46. The second-order valence-corrected chi connectivity index (χ2v) is 3.17. The van der Waals surface area contributed by atoms with E-state index in [0.29, 0.717) is 6.42 Å².